The van der Waals surface area contributed by atoms with Crippen molar-refractivity contribution in [3.8, 4) is 0 Å². The van der Waals surface area contributed by atoms with Crippen molar-refractivity contribution < 1.29 is 19.0 Å². The van der Waals surface area contributed by atoms with Gasteiger partial charge in [-0.25, -0.2) is 0 Å². The van der Waals surface area contributed by atoms with Crippen molar-refractivity contribution in [2.45, 2.75) is 39.1 Å². The van der Waals surface area contributed by atoms with E-state index in [1.54, 1.807) is 0 Å². The molecule has 1 saturated heterocycles. The summed E-state index contributed by atoms with van der Waals surface area (Å²) >= 11 is 0. The van der Waals surface area contributed by atoms with Crippen LogP contribution in [0.5, 0.6) is 0 Å². The minimum Gasteiger partial charge on any atom is -0.459 e. The van der Waals surface area contributed by atoms with Crippen LogP contribution in [-0.4, -0.2) is 31.4 Å². The third-order valence-corrected chi connectivity index (χ3v) is 4.10. The molecule has 3 unspecified atom stereocenters. The van der Waals surface area contributed by atoms with Crippen LogP contribution in [0.1, 0.15) is 38.5 Å². The van der Waals surface area contributed by atoms with Crippen molar-refractivity contribution in [3.05, 3.63) is 35.9 Å². The molecule has 1 aromatic carbocycles. The summed E-state index contributed by atoms with van der Waals surface area (Å²) in [6.07, 6.45) is 1.69. The van der Waals surface area contributed by atoms with E-state index in [9.17, 15) is 4.79 Å². The van der Waals surface area contributed by atoms with Crippen LogP contribution in [0.25, 0.3) is 0 Å². The average Bonchev–Trinajstić information content (AvgIpc) is 2.74. The van der Waals surface area contributed by atoms with Gasteiger partial charge in [-0.3, -0.25) is 4.79 Å². The van der Waals surface area contributed by atoms with E-state index in [0.717, 1.165) is 18.1 Å². The molecular weight excluding hydrogens is 299 g/mol. The minimum atomic E-state index is -0.465. The number of hydrogen-bond donors (Lipinski definition) is 0. The number of ether oxygens (including phenoxy) is 3. The summed E-state index contributed by atoms with van der Waals surface area (Å²) < 4.78 is 17.1. The molecule has 22 heavy (non-hydrogen) atoms. The lowest BCUT2D eigenvalue weighted by molar-refractivity contribution is -0.167. The van der Waals surface area contributed by atoms with Gasteiger partial charge in [-0.2, -0.15) is 0 Å². The molecule has 0 saturated carbocycles. The Hall–Kier alpha value is -0.960. The van der Waals surface area contributed by atoms with Crippen LogP contribution in [0.15, 0.2) is 30.3 Å². The van der Waals surface area contributed by atoms with Gasteiger partial charge in [0, 0.05) is 12.0 Å². The van der Waals surface area contributed by atoms with E-state index in [1.807, 2.05) is 44.2 Å². The Morgan fingerprint density at radius 1 is 1.32 bits per heavy atom. The normalized spacial score (nSPS) is 22.9. The van der Waals surface area contributed by atoms with Crippen LogP contribution in [0.4, 0.5) is 0 Å². The first-order valence-electron chi connectivity index (χ1n) is 7.72. The van der Waals surface area contributed by atoms with Crippen molar-refractivity contribution in [2.24, 2.45) is 5.41 Å². The molecule has 1 fully saturated rings. The molecule has 0 N–H and O–H groups in total. The van der Waals surface area contributed by atoms with E-state index in [1.165, 1.54) is 0 Å². The molecule has 1 aliphatic heterocycles. The van der Waals surface area contributed by atoms with E-state index >= 15 is 0 Å². The molecule has 0 amide bonds. The maximum atomic E-state index is 12.3. The highest BCUT2D eigenvalue weighted by Gasteiger charge is 2.32. The lowest BCUT2D eigenvalue weighted by Gasteiger charge is -2.25. The van der Waals surface area contributed by atoms with Crippen molar-refractivity contribution in [2.75, 3.05) is 19.4 Å². The van der Waals surface area contributed by atoms with Gasteiger partial charge in [0.05, 0.1) is 18.6 Å². The topological polar surface area (TPSA) is 44.8 Å². The zero-order valence-electron chi connectivity index (χ0n) is 13.3. The molecule has 4 nitrogen and oxygen atoms in total. The third kappa shape index (κ3) is 4.77. The Morgan fingerprint density at radius 3 is 2.73 bits per heavy atom. The zero-order valence-corrected chi connectivity index (χ0v) is 14.4. The Kier molecular flexibility index (Phi) is 6.37. The van der Waals surface area contributed by atoms with E-state index in [0.29, 0.717) is 19.6 Å². The summed E-state index contributed by atoms with van der Waals surface area (Å²) in [5.74, 6) is -0.165. The Morgan fingerprint density at radius 2 is 2.05 bits per heavy atom. The van der Waals surface area contributed by atoms with Crippen LogP contribution in [0, 0.1) is 5.41 Å². The molecule has 1 aliphatic rings. The molecule has 0 aliphatic carbocycles. The first kappa shape index (κ1) is 17.4. The molecule has 1 heterocycles. The Bertz CT molecular complexity index is 475. The van der Waals surface area contributed by atoms with Crippen LogP contribution >= 0.6 is 9.24 Å². The van der Waals surface area contributed by atoms with Crippen LogP contribution in [0.2, 0.25) is 0 Å². The second-order valence-corrected chi connectivity index (χ2v) is 6.76. The Labute approximate surface area is 134 Å². The molecule has 0 radical (unpaired) electrons. The summed E-state index contributed by atoms with van der Waals surface area (Å²) in [5, 5.41) is 0. The lowest BCUT2D eigenvalue weighted by Crippen LogP contribution is -2.33. The molecule has 2 rings (SSSR count). The monoisotopic (exact) mass is 324 g/mol. The third-order valence-electron chi connectivity index (χ3n) is 3.81. The van der Waals surface area contributed by atoms with Gasteiger partial charge in [-0.1, -0.05) is 30.3 Å². The van der Waals surface area contributed by atoms with Gasteiger partial charge in [0.1, 0.15) is 6.10 Å². The Balaban J connectivity index is 1.89. The molecule has 0 bridgehead atoms. The lowest BCUT2D eigenvalue weighted by atomic mass is 9.90. The molecule has 122 valence electrons. The summed E-state index contributed by atoms with van der Waals surface area (Å²) in [4.78, 5) is 12.3. The number of esters is 1. The fraction of sp³-hybridized carbons (Fsp3) is 0.588. The maximum Gasteiger partial charge on any atom is 0.311 e. The van der Waals surface area contributed by atoms with Crippen LogP contribution in [-0.2, 0) is 19.0 Å². The van der Waals surface area contributed by atoms with E-state index in [-0.39, 0.29) is 18.4 Å². The van der Waals surface area contributed by atoms with Crippen molar-refractivity contribution >= 4 is 15.2 Å². The van der Waals surface area contributed by atoms with E-state index in [4.69, 9.17) is 14.2 Å². The second-order valence-electron chi connectivity index (χ2n) is 6.19. The fourth-order valence-electron chi connectivity index (χ4n) is 2.30. The summed E-state index contributed by atoms with van der Waals surface area (Å²) in [6, 6.07) is 9.81. The second kappa shape index (κ2) is 8.05. The van der Waals surface area contributed by atoms with Crippen molar-refractivity contribution in [1.29, 1.82) is 0 Å². The fourth-order valence-corrected chi connectivity index (χ4v) is 3.02. The molecule has 3 atom stereocenters. The average molecular weight is 324 g/mol. The van der Waals surface area contributed by atoms with Gasteiger partial charge in [-0.15, -0.1) is 9.24 Å². The van der Waals surface area contributed by atoms with Crippen molar-refractivity contribution in [3.63, 3.8) is 0 Å². The summed E-state index contributed by atoms with van der Waals surface area (Å²) in [7, 11) is 2.65. The number of hydrogen-bond acceptors (Lipinski definition) is 4. The highest BCUT2D eigenvalue weighted by Crippen LogP contribution is 2.27. The standard InChI is InChI=1S/C17H25O4P/c1-17(2,9-11-22)16(18)21-14-8-10-19-15(20-12-14)13-6-4-3-5-7-13/h3-7,14-15H,8-12,22H2,1-2H3. The first-order valence-corrected chi connectivity index (χ1v) is 8.54. The predicted octanol–water partition coefficient (Wildman–Crippen LogP) is 3.33. The molecule has 0 aromatic heterocycles. The highest BCUT2D eigenvalue weighted by molar-refractivity contribution is 7.16. The number of carbonyl (C=O) groups is 1. The minimum absolute atomic E-state index is 0.165. The predicted molar refractivity (Wildman–Crippen MR) is 88.6 cm³/mol. The smallest absolute Gasteiger partial charge is 0.311 e. The molecule has 0 spiro atoms. The largest absolute Gasteiger partial charge is 0.459 e. The van der Waals surface area contributed by atoms with Crippen molar-refractivity contribution in [1.82, 2.24) is 0 Å². The van der Waals surface area contributed by atoms with Gasteiger partial charge in [0.25, 0.3) is 0 Å². The van der Waals surface area contributed by atoms with Gasteiger partial charge in [0.2, 0.25) is 0 Å². The summed E-state index contributed by atoms with van der Waals surface area (Å²) in [6.45, 7) is 4.71. The van der Waals surface area contributed by atoms with Crippen LogP contribution in [0.3, 0.4) is 0 Å². The zero-order chi connectivity index (χ0) is 16.0. The number of benzene rings is 1. The quantitative estimate of drug-likeness (QED) is 0.616. The van der Waals surface area contributed by atoms with Gasteiger partial charge in [0.15, 0.2) is 6.29 Å². The van der Waals surface area contributed by atoms with E-state index < -0.39 is 5.41 Å². The first-order chi connectivity index (χ1) is 10.5. The van der Waals surface area contributed by atoms with Gasteiger partial charge < -0.3 is 14.2 Å². The number of carbonyl (C=O) groups excluding carboxylic acids is 1. The summed E-state index contributed by atoms with van der Waals surface area (Å²) in [5.41, 5.74) is 0.520. The van der Waals surface area contributed by atoms with Gasteiger partial charge >= 0.3 is 5.97 Å². The number of rotatable bonds is 5. The molecular formula is C17H25O4P. The highest BCUT2D eigenvalue weighted by atomic mass is 31.0. The van der Waals surface area contributed by atoms with E-state index in [2.05, 4.69) is 9.24 Å². The maximum absolute atomic E-state index is 12.3. The van der Waals surface area contributed by atoms with Gasteiger partial charge in [-0.05, 0) is 26.4 Å². The molecule has 5 heteroatoms. The molecule has 1 aromatic rings. The van der Waals surface area contributed by atoms with Crippen LogP contribution < -0.4 is 0 Å². The SMILES string of the molecule is CC(C)(CCP)C(=O)OC1CCOC(c2ccccc2)OC1.